The first-order chi connectivity index (χ1) is 11.1. The fourth-order valence-corrected chi connectivity index (χ4v) is 2.60. The number of benzene rings is 1. The number of carbonyl (C=O) groups excluding carboxylic acids is 3. The third-order valence-corrected chi connectivity index (χ3v) is 3.73. The summed E-state index contributed by atoms with van der Waals surface area (Å²) in [5, 5.41) is 9.85. The van der Waals surface area contributed by atoms with Gasteiger partial charge < -0.3 is 25.3 Å². The molecule has 1 amide bonds. The molecule has 1 aromatic rings. The van der Waals surface area contributed by atoms with Gasteiger partial charge in [0.15, 0.2) is 0 Å². The minimum Gasteiger partial charge on any atom is -0.508 e. The van der Waals surface area contributed by atoms with Crippen LogP contribution in [0.1, 0.15) is 43.1 Å². The van der Waals surface area contributed by atoms with Crippen molar-refractivity contribution in [1.82, 2.24) is 4.90 Å². The summed E-state index contributed by atoms with van der Waals surface area (Å²) in [6.07, 6.45) is 0.546. The number of esters is 1. The Balaban J connectivity index is 2.11. The molecule has 7 nitrogen and oxygen atoms in total. The highest BCUT2D eigenvalue weighted by molar-refractivity contribution is 6.00. The van der Waals surface area contributed by atoms with Crippen molar-refractivity contribution in [2.24, 2.45) is 5.73 Å². The van der Waals surface area contributed by atoms with Crippen LogP contribution in [0, 0.1) is 0 Å². The van der Waals surface area contributed by atoms with Crippen LogP contribution in [-0.4, -0.2) is 45.9 Å². The van der Waals surface area contributed by atoms with E-state index in [1.165, 1.54) is 11.0 Å². The van der Waals surface area contributed by atoms with Gasteiger partial charge in [-0.25, -0.2) is 0 Å². The van der Waals surface area contributed by atoms with Gasteiger partial charge in [-0.1, -0.05) is 6.07 Å². The number of ether oxygens (including phenoxy) is 1. The second-order valence-electron chi connectivity index (χ2n) is 6.82. The Bertz CT molecular complexity index is 665. The van der Waals surface area contributed by atoms with Gasteiger partial charge in [0.1, 0.15) is 23.7 Å². The molecule has 1 aliphatic rings. The van der Waals surface area contributed by atoms with Gasteiger partial charge in [-0.2, -0.15) is 0 Å². The summed E-state index contributed by atoms with van der Waals surface area (Å²) >= 11 is 0. The van der Waals surface area contributed by atoms with Gasteiger partial charge >= 0.3 is 5.97 Å². The van der Waals surface area contributed by atoms with Crippen molar-refractivity contribution in [3.63, 3.8) is 0 Å². The molecular weight excluding hydrogens is 312 g/mol. The van der Waals surface area contributed by atoms with E-state index >= 15 is 0 Å². The van der Waals surface area contributed by atoms with E-state index in [0.717, 1.165) is 0 Å². The number of rotatable bonds is 5. The van der Waals surface area contributed by atoms with Crippen LogP contribution in [0.5, 0.6) is 5.75 Å². The molecule has 0 saturated heterocycles. The Morgan fingerprint density at radius 3 is 2.67 bits per heavy atom. The number of nitrogens with two attached hydrogens (primary N) is 1. The normalized spacial score (nSPS) is 16.5. The third kappa shape index (κ3) is 3.73. The summed E-state index contributed by atoms with van der Waals surface area (Å²) in [6.45, 7) is 5.26. The molecule has 1 aromatic carbocycles. The molecule has 0 aromatic heterocycles. The fraction of sp³-hybridized carbons (Fsp3) is 0.471. The molecule has 0 radical (unpaired) electrons. The number of phenols is 1. The molecule has 1 heterocycles. The number of aldehydes is 1. The molecule has 3 N–H and O–H groups in total. The first kappa shape index (κ1) is 17.9. The lowest BCUT2D eigenvalue weighted by molar-refractivity contribution is -0.156. The number of fused-ring (bicyclic) bond motifs is 1. The summed E-state index contributed by atoms with van der Waals surface area (Å²) < 4.78 is 5.19. The van der Waals surface area contributed by atoms with Gasteiger partial charge in [-0.05, 0) is 32.9 Å². The molecule has 0 bridgehead atoms. The number of nitrogens with zero attached hydrogens (tertiary/aromatic N) is 1. The van der Waals surface area contributed by atoms with Crippen LogP contribution in [0.25, 0.3) is 0 Å². The maximum absolute atomic E-state index is 12.4. The average molecular weight is 334 g/mol. The lowest BCUT2D eigenvalue weighted by atomic mass is 10.1. The molecule has 2 rings (SSSR count). The van der Waals surface area contributed by atoms with E-state index in [4.69, 9.17) is 10.5 Å². The van der Waals surface area contributed by atoms with Crippen LogP contribution in [0.4, 0.5) is 0 Å². The summed E-state index contributed by atoms with van der Waals surface area (Å²) in [6, 6.07) is 2.75. The van der Waals surface area contributed by atoms with E-state index in [1.807, 2.05) is 0 Å². The lowest BCUT2D eigenvalue weighted by Gasteiger charge is -2.27. The monoisotopic (exact) mass is 334 g/mol. The van der Waals surface area contributed by atoms with E-state index in [9.17, 15) is 19.5 Å². The Hall–Kier alpha value is -2.41. The molecular formula is C17H22N2O5. The lowest BCUT2D eigenvalue weighted by Crippen LogP contribution is -2.45. The number of aromatic hydroxyl groups is 1. The summed E-state index contributed by atoms with van der Waals surface area (Å²) in [5.41, 5.74) is 5.97. The highest BCUT2D eigenvalue weighted by Crippen LogP contribution is 2.31. The van der Waals surface area contributed by atoms with Crippen LogP contribution < -0.4 is 5.73 Å². The van der Waals surface area contributed by atoms with Crippen LogP contribution in [0.3, 0.4) is 0 Å². The highest BCUT2D eigenvalue weighted by Gasteiger charge is 2.36. The van der Waals surface area contributed by atoms with Gasteiger partial charge in [0.05, 0.1) is 12.6 Å². The van der Waals surface area contributed by atoms with Crippen molar-refractivity contribution in [3.05, 3.63) is 29.3 Å². The van der Waals surface area contributed by atoms with E-state index in [-0.39, 0.29) is 24.6 Å². The van der Waals surface area contributed by atoms with Crippen molar-refractivity contribution in [3.8, 4) is 5.75 Å². The minimum absolute atomic E-state index is 0.00411. The Kier molecular flexibility index (Phi) is 4.94. The van der Waals surface area contributed by atoms with Gasteiger partial charge in [0.25, 0.3) is 5.91 Å². The van der Waals surface area contributed by atoms with Crippen LogP contribution in [0.2, 0.25) is 0 Å². The first-order valence-electron chi connectivity index (χ1n) is 7.69. The molecule has 0 spiro atoms. The number of hydrogen-bond donors (Lipinski definition) is 2. The van der Waals surface area contributed by atoms with Crippen molar-refractivity contribution < 1.29 is 24.2 Å². The molecule has 0 fully saturated rings. The molecule has 2 atom stereocenters. The van der Waals surface area contributed by atoms with Gasteiger partial charge in [0.2, 0.25) is 0 Å². The number of hydrogen-bond acceptors (Lipinski definition) is 6. The van der Waals surface area contributed by atoms with Crippen LogP contribution in [-0.2, 0) is 20.9 Å². The summed E-state index contributed by atoms with van der Waals surface area (Å²) in [4.78, 5) is 37.2. The molecule has 0 saturated carbocycles. The molecule has 2 unspecified atom stereocenters. The smallest absolute Gasteiger partial charge is 0.323 e. The topological polar surface area (TPSA) is 110 Å². The zero-order chi connectivity index (χ0) is 18.1. The minimum atomic E-state index is -1.02. The standard InChI is InChI=1S/C17H22N2O5/c1-17(2,3)24-16(23)13(18)7-10(9-20)19-8-12-11(15(19)22)5-4-6-14(12)21/h4-6,9-10,13,21H,7-8,18H2,1-3H3. The zero-order valence-corrected chi connectivity index (χ0v) is 14.0. The molecule has 130 valence electrons. The second kappa shape index (κ2) is 6.60. The predicted molar refractivity (Wildman–Crippen MR) is 86.3 cm³/mol. The number of carbonyl (C=O) groups is 3. The summed E-state index contributed by atoms with van der Waals surface area (Å²) in [7, 11) is 0. The van der Waals surface area contributed by atoms with Gasteiger partial charge in [-0.3, -0.25) is 9.59 Å². The molecule has 0 aliphatic carbocycles. The second-order valence-corrected chi connectivity index (χ2v) is 6.82. The van der Waals surface area contributed by atoms with E-state index in [2.05, 4.69) is 0 Å². The maximum Gasteiger partial charge on any atom is 0.323 e. The number of phenolic OH excluding ortho intramolecular Hbond substituents is 1. The van der Waals surface area contributed by atoms with Crippen LogP contribution in [0.15, 0.2) is 18.2 Å². The van der Waals surface area contributed by atoms with E-state index < -0.39 is 23.7 Å². The molecule has 1 aliphatic heterocycles. The van der Waals surface area contributed by atoms with E-state index in [0.29, 0.717) is 17.4 Å². The Labute approximate surface area is 140 Å². The Morgan fingerprint density at radius 1 is 1.46 bits per heavy atom. The van der Waals surface area contributed by atoms with Crippen molar-refractivity contribution in [2.75, 3.05) is 0 Å². The van der Waals surface area contributed by atoms with Gasteiger partial charge in [-0.15, -0.1) is 0 Å². The molecule has 24 heavy (non-hydrogen) atoms. The van der Waals surface area contributed by atoms with Crippen LogP contribution >= 0.6 is 0 Å². The Morgan fingerprint density at radius 2 is 2.12 bits per heavy atom. The maximum atomic E-state index is 12.4. The average Bonchev–Trinajstić information content (AvgIpc) is 2.82. The van der Waals surface area contributed by atoms with Gasteiger partial charge in [0, 0.05) is 17.5 Å². The number of amides is 1. The van der Waals surface area contributed by atoms with Crippen molar-refractivity contribution >= 4 is 18.2 Å². The quantitative estimate of drug-likeness (QED) is 0.613. The fourth-order valence-electron chi connectivity index (χ4n) is 2.60. The highest BCUT2D eigenvalue weighted by atomic mass is 16.6. The first-order valence-corrected chi connectivity index (χ1v) is 7.69. The van der Waals surface area contributed by atoms with E-state index in [1.54, 1.807) is 32.9 Å². The SMILES string of the molecule is CC(C)(C)OC(=O)C(N)CC(C=O)N1Cc2c(O)cccc2C1=O. The predicted octanol–water partition coefficient (Wildman–Crippen LogP) is 0.975. The van der Waals surface area contributed by atoms with Crippen molar-refractivity contribution in [1.29, 1.82) is 0 Å². The van der Waals surface area contributed by atoms with Crippen molar-refractivity contribution in [2.45, 2.75) is 51.4 Å². The third-order valence-electron chi connectivity index (χ3n) is 3.73. The summed E-state index contributed by atoms with van der Waals surface area (Å²) in [5.74, 6) is -0.986. The molecule has 7 heteroatoms. The zero-order valence-electron chi connectivity index (χ0n) is 14.0. The largest absolute Gasteiger partial charge is 0.508 e.